The zero-order chi connectivity index (χ0) is 30.6. The first-order valence-electron chi connectivity index (χ1n) is 14.7. The second-order valence-electron chi connectivity index (χ2n) is 11.0. The molecule has 0 saturated heterocycles. The van der Waals surface area contributed by atoms with E-state index in [2.05, 4.69) is 88.5 Å². The number of primary amides is 1. The maximum atomic E-state index is 11.8. The molecule has 5 nitrogen and oxygen atoms in total. The topological polar surface area (TPSA) is 79.4 Å². The van der Waals surface area contributed by atoms with Crippen molar-refractivity contribution in [1.82, 2.24) is 0 Å². The minimum atomic E-state index is -0.398. The van der Waals surface area contributed by atoms with Crippen molar-refractivity contribution in [1.29, 1.82) is 0 Å². The molecule has 0 spiro atoms. The first kappa shape index (κ1) is 40.3. The van der Waals surface area contributed by atoms with Gasteiger partial charge in [-0.3, -0.25) is 4.79 Å². The fourth-order valence-electron chi connectivity index (χ4n) is 4.98. The van der Waals surface area contributed by atoms with Crippen molar-refractivity contribution in [2.75, 3.05) is 30.3 Å². The average molecular weight is 783 g/mol. The normalized spacial score (nSPS) is 15.0. The summed E-state index contributed by atoms with van der Waals surface area (Å²) in [5.74, 6) is 3.19. The van der Waals surface area contributed by atoms with Crippen LogP contribution in [0.1, 0.15) is 73.9 Å². The molecule has 1 aliphatic heterocycles. The fourth-order valence-corrected chi connectivity index (χ4v) is 5.13. The average Bonchev–Trinajstić information content (AvgIpc) is 3.15. The van der Waals surface area contributed by atoms with Gasteiger partial charge in [0.2, 0.25) is 5.91 Å². The molecule has 0 aliphatic carbocycles. The number of anilines is 1. The summed E-state index contributed by atoms with van der Waals surface area (Å²) in [6.45, 7) is 16.7. The van der Waals surface area contributed by atoms with Gasteiger partial charge >= 0.3 is 0 Å². The Kier molecular flexibility index (Phi) is 22.8. The number of carbonyl (C=O) groups is 1. The molecular formula is C34H52N3O2S2W-. The largest absolute Gasteiger partial charge is 0.624 e. The number of hydrogen-bond donors (Lipinski definition) is 3. The Balaban J connectivity index is 0.00000147. The van der Waals surface area contributed by atoms with Crippen LogP contribution in [-0.2, 0) is 27.5 Å². The van der Waals surface area contributed by atoms with Crippen LogP contribution >= 0.6 is 25.4 Å². The Bertz CT molecular complexity index is 1050. The number of nitrogens with one attached hydrogen (secondary N) is 1. The van der Waals surface area contributed by atoms with E-state index >= 15 is 0 Å². The number of carbonyl (C=O) groups excluding carboxylic acids is 1. The number of aryl methyl sites for hydroxylation is 2. The summed E-state index contributed by atoms with van der Waals surface area (Å²) < 4.78 is 6.22. The van der Waals surface area contributed by atoms with Crippen molar-refractivity contribution >= 4 is 37.0 Å². The van der Waals surface area contributed by atoms with Crippen LogP contribution in [0.15, 0.2) is 67.8 Å². The molecule has 8 heteroatoms. The predicted octanol–water partition coefficient (Wildman–Crippen LogP) is 8.93. The number of rotatable bonds is 14. The third-order valence-corrected chi connectivity index (χ3v) is 8.09. The van der Waals surface area contributed by atoms with Crippen LogP contribution in [-0.4, -0.2) is 31.4 Å². The first-order chi connectivity index (χ1) is 19.8. The molecule has 1 aliphatic rings. The van der Waals surface area contributed by atoms with E-state index in [1.165, 1.54) is 11.1 Å². The predicted molar refractivity (Wildman–Crippen MR) is 185 cm³/mol. The van der Waals surface area contributed by atoms with Gasteiger partial charge in [-0.1, -0.05) is 62.2 Å². The second-order valence-corrected chi connectivity index (χ2v) is 11.3. The molecule has 0 saturated carbocycles. The van der Waals surface area contributed by atoms with Crippen molar-refractivity contribution in [3.05, 3.63) is 89.6 Å². The quantitative estimate of drug-likeness (QED) is 0.132. The van der Waals surface area contributed by atoms with Crippen LogP contribution in [0.25, 0.3) is 5.14 Å². The number of nitrogens with zero attached hydrogens (tertiary/aromatic N) is 1. The van der Waals surface area contributed by atoms with Crippen LogP contribution in [0.2, 0.25) is 0 Å². The summed E-state index contributed by atoms with van der Waals surface area (Å²) in [4.78, 5) is 14.2. The number of fused-ring (bicyclic) bond motifs is 1. The van der Waals surface area contributed by atoms with E-state index in [0.29, 0.717) is 29.9 Å². The Morgan fingerprint density at radius 1 is 1.19 bits per heavy atom. The molecule has 1 amide bonds. The van der Waals surface area contributed by atoms with Gasteiger partial charge in [0.25, 0.3) is 0 Å². The zero-order valence-corrected chi connectivity index (χ0v) is 30.5. The Morgan fingerprint density at radius 3 is 2.48 bits per heavy atom. The number of benzene rings is 2. The molecule has 2 aromatic carbocycles. The molecule has 3 atom stereocenters. The van der Waals surface area contributed by atoms with E-state index in [1.54, 1.807) is 6.07 Å². The molecule has 0 bridgehead atoms. The van der Waals surface area contributed by atoms with Crippen LogP contribution in [0.5, 0.6) is 5.75 Å². The second kappa shape index (κ2) is 23.8. The van der Waals surface area contributed by atoms with Crippen LogP contribution < -0.4 is 15.4 Å². The van der Waals surface area contributed by atoms with Crippen LogP contribution in [0.4, 0.5) is 5.69 Å². The van der Waals surface area contributed by atoms with Gasteiger partial charge in [0, 0.05) is 45.6 Å². The first-order valence-corrected chi connectivity index (χ1v) is 15.8. The summed E-state index contributed by atoms with van der Waals surface area (Å²) in [6.07, 6.45) is 11.7. The van der Waals surface area contributed by atoms with Gasteiger partial charge in [-0.15, -0.1) is 13.2 Å². The molecule has 3 rings (SSSR count). The van der Waals surface area contributed by atoms with Gasteiger partial charge in [-0.2, -0.15) is 12.6 Å². The minimum Gasteiger partial charge on any atom is -0.624 e. The summed E-state index contributed by atoms with van der Waals surface area (Å²) >= 11 is 6.88. The maximum absolute atomic E-state index is 11.8. The van der Waals surface area contributed by atoms with Crippen molar-refractivity contribution in [3.63, 3.8) is 0 Å². The number of nitrogens with two attached hydrogens (primary N) is 1. The summed E-state index contributed by atoms with van der Waals surface area (Å²) in [5.41, 5.74) is 9.82. The molecular weight excluding hydrogens is 730 g/mol. The van der Waals surface area contributed by atoms with Crippen LogP contribution in [0, 0.1) is 24.7 Å². The van der Waals surface area contributed by atoms with Crippen molar-refractivity contribution in [2.45, 2.75) is 65.7 Å². The van der Waals surface area contributed by atoms with Crippen LogP contribution in [0.3, 0.4) is 0 Å². The molecule has 2 aromatic rings. The third-order valence-electron chi connectivity index (χ3n) is 7.46. The number of ether oxygens (including phenoxy) is 1. The van der Waals surface area contributed by atoms with E-state index in [4.69, 9.17) is 15.6 Å². The molecule has 0 radical (unpaired) electrons. The standard InChI is InChI=1S/C28H38N2O2.C6H12S.H2NS.W/c1-4-8-22(5-2)15-16-30-19-24(12-7-11-23-10-6-9-21(3)17-23)20-32-27-14-13-25(28(29)31)18-26(27)30;1-3-4-6(2)5-7;1-2;/h4,6,9-10,13-14,17-18,22,24H,1,5,7-8,11-12,15-16,19-20H2,2-3H3,(H2,29,31);3,6-7H,1,4-5H2,2H3;1-2H;/q;;-1;/t22-,24?;6-;;/m00../s1. The molecule has 1 heterocycles. The van der Waals surface area contributed by atoms with Gasteiger partial charge < -0.3 is 33.3 Å². The number of thiol groups is 2. The van der Waals surface area contributed by atoms with E-state index in [9.17, 15) is 4.79 Å². The Morgan fingerprint density at radius 2 is 1.90 bits per heavy atom. The molecule has 0 aromatic heterocycles. The van der Waals surface area contributed by atoms with Crippen molar-refractivity contribution in [3.8, 4) is 5.75 Å². The van der Waals surface area contributed by atoms with E-state index in [-0.39, 0.29) is 21.1 Å². The van der Waals surface area contributed by atoms with Gasteiger partial charge in [0.1, 0.15) is 5.75 Å². The molecule has 3 N–H and O–H groups in total. The van der Waals surface area contributed by atoms with Gasteiger partial charge in [-0.05, 0) is 86.8 Å². The smallest absolute Gasteiger partial charge is 0.248 e. The van der Waals surface area contributed by atoms with E-state index in [0.717, 1.165) is 75.2 Å². The number of amides is 1. The maximum Gasteiger partial charge on any atom is 0.248 e. The third kappa shape index (κ3) is 15.2. The summed E-state index contributed by atoms with van der Waals surface area (Å²) in [7, 11) is 0. The molecule has 42 heavy (non-hydrogen) atoms. The van der Waals surface area contributed by atoms with E-state index < -0.39 is 5.91 Å². The van der Waals surface area contributed by atoms with Gasteiger partial charge in [0.05, 0.1) is 12.3 Å². The fraction of sp³-hybridized carbons (Fsp3) is 0.500. The Labute approximate surface area is 281 Å². The number of allylic oxidation sites excluding steroid dienone is 2. The minimum absolute atomic E-state index is 0. The van der Waals surface area contributed by atoms with Crippen molar-refractivity contribution in [2.24, 2.45) is 23.5 Å². The Hall–Kier alpha value is -1.66. The monoisotopic (exact) mass is 782 g/mol. The SMILES string of the molecule is C=CC[C@H](C)CS.C=CC[C@H](CC)CCN1CC(CCCc2cccc(C)c2)COc2ccc(C(N)=O)cc21.[NH-]S.[W]. The summed E-state index contributed by atoms with van der Waals surface area (Å²) in [5, 5.41) is 5.44. The molecule has 1 unspecified atom stereocenters. The zero-order valence-electron chi connectivity index (χ0n) is 25.8. The number of hydrogen-bond acceptors (Lipinski definition) is 5. The van der Waals surface area contributed by atoms with Gasteiger partial charge in [-0.25, -0.2) is 0 Å². The van der Waals surface area contributed by atoms with Gasteiger partial charge in [0.15, 0.2) is 0 Å². The molecule has 234 valence electrons. The van der Waals surface area contributed by atoms with E-state index in [1.807, 2.05) is 24.3 Å². The molecule has 0 fully saturated rings. The van der Waals surface area contributed by atoms with Crippen molar-refractivity contribution < 1.29 is 30.6 Å². The summed E-state index contributed by atoms with van der Waals surface area (Å²) in [6, 6.07) is 14.4.